The number of amides is 2. The van der Waals surface area contributed by atoms with Gasteiger partial charge in [0.1, 0.15) is 0 Å². The van der Waals surface area contributed by atoms with Crippen molar-refractivity contribution in [2.75, 3.05) is 31.2 Å². The van der Waals surface area contributed by atoms with E-state index in [1.807, 2.05) is 31.2 Å². The molecular weight excluding hydrogens is 280 g/mol. The Bertz CT molecular complexity index is 507. The van der Waals surface area contributed by atoms with Crippen LogP contribution in [-0.2, 0) is 14.3 Å². The topological polar surface area (TPSA) is 58.6 Å². The van der Waals surface area contributed by atoms with E-state index in [1.54, 1.807) is 11.8 Å². The van der Waals surface area contributed by atoms with Gasteiger partial charge in [-0.05, 0) is 31.9 Å². The zero-order chi connectivity index (χ0) is 15.9. The van der Waals surface area contributed by atoms with Crippen LogP contribution < -0.4 is 10.2 Å². The first-order valence-electron chi connectivity index (χ1n) is 7.78. The Kier molecular flexibility index (Phi) is 5.95. The summed E-state index contributed by atoms with van der Waals surface area (Å²) in [6.07, 6.45) is 1.56. The number of rotatable bonds is 5. The summed E-state index contributed by atoms with van der Waals surface area (Å²) in [4.78, 5) is 25.5. The van der Waals surface area contributed by atoms with Gasteiger partial charge in [-0.25, -0.2) is 0 Å². The average Bonchev–Trinajstić information content (AvgIpc) is 2.53. The normalized spacial score (nSPS) is 15.4. The van der Waals surface area contributed by atoms with Crippen LogP contribution in [0.3, 0.4) is 0 Å². The van der Waals surface area contributed by atoms with Crippen molar-refractivity contribution in [3.63, 3.8) is 0 Å². The molecular formula is C17H24N2O3. The predicted molar refractivity (Wildman–Crippen MR) is 85.8 cm³/mol. The Hall–Kier alpha value is -1.88. The first-order valence-corrected chi connectivity index (χ1v) is 7.78. The number of ether oxygens (including phenoxy) is 1. The lowest BCUT2D eigenvalue weighted by molar-refractivity contribution is -0.127. The summed E-state index contributed by atoms with van der Waals surface area (Å²) < 4.78 is 5.26. The molecule has 22 heavy (non-hydrogen) atoms. The zero-order valence-corrected chi connectivity index (χ0v) is 13.3. The van der Waals surface area contributed by atoms with E-state index >= 15 is 0 Å². The third-order valence-electron chi connectivity index (χ3n) is 3.95. The van der Waals surface area contributed by atoms with Crippen molar-refractivity contribution in [3.8, 4) is 0 Å². The number of carbonyl (C=O) groups excluding carboxylic acids is 2. The molecule has 0 atom stereocenters. The van der Waals surface area contributed by atoms with E-state index in [9.17, 15) is 9.59 Å². The highest BCUT2D eigenvalue weighted by molar-refractivity contribution is 5.91. The molecule has 1 heterocycles. The van der Waals surface area contributed by atoms with E-state index in [0.717, 1.165) is 24.1 Å². The molecule has 5 nitrogen and oxygen atoms in total. The predicted octanol–water partition coefficient (Wildman–Crippen LogP) is 1.89. The van der Waals surface area contributed by atoms with E-state index in [-0.39, 0.29) is 17.7 Å². The zero-order valence-electron chi connectivity index (χ0n) is 13.3. The molecule has 1 aliphatic rings. The summed E-state index contributed by atoms with van der Waals surface area (Å²) in [6.45, 7) is 5.80. The van der Waals surface area contributed by atoms with Crippen LogP contribution in [0.4, 0.5) is 5.69 Å². The van der Waals surface area contributed by atoms with Crippen LogP contribution in [0.1, 0.15) is 25.3 Å². The number of carbonyl (C=O) groups is 2. The number of hydrogen-bond donors (Lipinski definition) is 1. The maximum Gasteiger partial charge on any atom is 0.223 e. The van der Waals surface area contributed by atoms with E-state index in [2.05, 4.69) is 5.32 Å². The number of nitrogens with zero attached hydrogens (tertiary/aromatic N) is 1. The Morgan fingerprint density at radius 1 is 1.23 bits per heavy atom. The molecule has 0 bridgehead atoms. The summed E-state index contributed by atoms with van der Waals surface area (Å²) in [5.41, 5.74) is 2.01. The molecule has 2 rings (SSSR count). The molecule has 0 radical (unpaired) electrons. The molecule has 0 aliphatic carbocycles. The van der Waals surface area contributed by atoms with Gasteiger partial charge in [0.05, 0.1) is 0 Å². The minimum absolute atomic E-state index is 0.0239. The molecule has 1 N–H and O–H groups in total. The highest BCUT2D eigenvalue weighted by Gasteiger charge is 2.21. The SMILES string of the molecule is CC(=O)N(CCNC(=O)C1CCOCC1)c1ccc(C)cc1. The second-order valence-corrected chi connectivity index (χ2v) is 5.68. The molecule has 5 heteroatoms. The molecule has 0 spiro atoms. The lowest BCUT2D eigenvalue weighted by Crippen LogP contribution is -2.40. The summed E-state index contributed by atoms with van der Waals surface area (Å²) in [5, 5.41) is 2.93. The monoisotopic (exact) mass is 304 g/mol. The average molecular weight is 304 g/mol. The van der Waals surface area contributed by atoms with Gasteiger partial charge < -0.3 is 15.0 Å². The second kappa shape index (κ2) is 7.94. The summed E-state index contributed by atoms with van der Waals surface area (Å²) in [5.74, 6) is 0.0822. The van der Waals surface area contributed by atoms with E-state index in [1.165, 1.54) is 0 Å². The Morgan fingerprint density at radius 3 is 2.45 bits per heavy atom. The first kappa shape index (κ1) is 16.5. The van der Waals surface area contributed by atoms with Crippen molar-refractivity contribution in [3.05, 3.63) is 29.8 Å². The summed E-state index contributed by atoms with van der Waals surface area (Å²) in [6, 6.07) is 7.81. The third kappa shape index (κ3) is 4.56. The molecule has 120 valence electrons. The summed E-state index contributed by atoms with van der Waals surface area (Å²) in [7, 11) is 0. The highest BCUT2D eigenvalue weighted by atomic mass is 16.5. The number of benzene rings is 1. The van der Waals surface area contributed by atoms with Gasteiger partial charge in [0.25, 0.3) is 0 Å². The van der Waals surface area contributed by atoms with Crippen molar-refractivity contribution < 1.29 is 14.3 Å². The number of nitrogens with one attached hydrogen (secondary N) is 1. The van der Waals surface area contributed by atoms with Gasteiger partial charge in [0.15, 0.2) is 0 Å². The lowest BCUT2D eigenvalue weighted by atomic mass is 9.99. The van der Waals surface area contributed by atoms with Crippen LogP contribution in [-0.4, -0.2) is 38.1 Å². The van der Waals surface area contributed by atoms with Crippen molar-refractivity contribution in [2.24, 2.45) is 5.92 Å². The van der Waals surface area contributed by atoms with Crippen LogP contribution in [0.2, 0.25) is 0 Å². The molecule has 1 fully saturated rings. The van der Waals surface area contributed by atoms with Crippen LogP contribution in [0.25, 0.3) is 0 Å². The second-order valence-electron chi connectivity index (χ2n) is 5.68. The molecule has 1 aromatic rings. The molecule has 2 amide bonds. The van der Waals surface area contributed by atoms with Gasteiger partial charge in [0.2, 0.25) is 11.8 Å². The molecule has 0 saturated carbocycles. The first-order chi connectivity index (χ1) is 10.6. The van der Waals surface area contributed by atoms with E-state index < -0.39 is 0 Å². The molecule has 1 aliphatic heterocycles. The number of hydrogen-bond acceptors (Lipinski definition) is 3. The van der Waals surface area contributed by atoms with Gasteiger partial charge in [0, 0.05) is 44.8 Å². The molecule has 0 aromatic heterocycles. The standard InChI is InChI=1S/C17H24N2O3/c1-13-3-5-16(6-4-13)19(14(2)20)10-9-18-17(21)15-7-11-22-12-8-15/h3-6,15H,7-12H2,1-2H3,(H,18,21). The fourth-order valence-corrected chi connectivity index (χ4v) is 2.59. The Morgan fingerprint density at radius 2 is 1.86 bits per heavy atom. The summed E-state index contributed by atoms with van der Waals surface area (Å²) >= 11 is 0. The Balaban J connectivity index is 1.85. The van der Waals surface area contributed by atoms with Crippen molar-refractivity contribution in [1.82, 2.24) is 5.32 Å². The van der Waals surface area contributed by atoms with Crippen molar-refractivity contribution >= 4 is 17.5 Å². The molecule has 1 aromatic carbocycles. The van der Waals surface area contributed by atoms with Gasteiger partial charge in [-0.15, -0.1) is 0 Å². The highest BCUT2D eigenvalue weighted by Crippen LogP contribution is 2.16. The van der Waals surface area contributed by atoms with Crippen molar-refractivity contribution in [1.29, 1.82) is 0 Å². The Labute approximate surface area is 131 Å². The number of aryl methyl sites for hydroxylation is 1. The minimum atomic E-state index is -0.0239. The fourth-order valence-electron chi connectivity index (χ4n) is 2.59. The van der Waals surface area contributed by atoms with Gasteiger partial charge in [-0.1, -0.05) is 17.7 Å². The van der Waals surface area contributed by atoms with E-state index in [4.69, 9.17) is 4.74 Å². The van der Waals surface area contributed by atoms with Crippen LogP contribution in [0.5, 0.6) is 0 Å². The lowest BCUT2D eigenvalue weighted by Gasteiger charge is -2.24. The van der Waals surface area contributed by atoms with Gasteiger partial charge >= 0.3 is 0 Å². The quantitative estimate of drug-likeness (QED) is 0.904. The molecule has 1 saturated heterocycles. The maximum absolute atomic E-state index is 12.1. The van der Waals surface area contributed by atoms with Gasteiger partial charge in [-0.2, -0.15) is 0 Å². The van der Waals surface area contributed by atoms with Crippen LogP contribution in [0.15, 0.2) is 24.3 Å². The number of anilines is 1. The maximum atomic E-state index is 12.1. The van der Waals surface area contributed by atoms with E-state index in [0.29, 0.717) is 26.3 Å². The van der Waals surface area contributed by atoms with Crippen molar-refractivity contribution in [2.45, 2.75) is 26.7 Å². The van der Waals surface area contributed by atoms with Gasteiger partial charge in [-0.3, -0.25) is 9.59 Å². The third-order valence-corrected chi connectivity index (χ3v) is 3.95. The molecule has 0 unspecified atom stereocenters. The fraction of sp³-hybridized carbons (Fsp3) is 0.529. The van der Waals surface area contributed by atoms with Crippen LogP contribution >= 0.6 is 0 Å². The smallest absolute Gasteiger partial charge is 0.223 e. The van der Waals surface area contributed by atoms with Crippen LogP contribution in [0, 0.1) is 12.8 Å². The largest absolute Gasteiger partial charge is 0.381 e. The minimum Gasteiger partial charge on any atom is -0.381 e.